The number of ether oxygens (including phenoxy) is 1. The molecule has 3 aliphatic rings. The van der Waals surface area contributed by atoms with Crippen LogP contribution in [0.25, 0.3) is 11.7 Å². The molecule has 1 aromatic carbocycles. The third-order valence-electron chi connectivity index (χ3n) is 7.25. The van der Waals surface area contributed by atoms with E-state index in [-0.39, 0.29) is 11.8 Å². The number of nitrogens with one attached hydrogen (secondary N) is 4. The highest BCUT2D eigenvalue weighted by atomic mass is 16.6. The van der Waals surface area contributed by atoms with Gasteiger partial charge in [0.1, 0.15) is 22.9 Å². The summed E-state index contributed by atoms with van der Waals surface area (Å²) in [4.78, 5) is 42.6. The number of amides is 4. The highest BCUT2D eigenvalue weighted by molar-refractivity contribution is 6.14. The largest absolute Gasteiger partial charge is 0.444 e. The van der Waals surface area contributed by atoms with Crippen molar-refractivity contribution in [2.75, 3.05) is 23.7 Å². The molecule has 4 N–H and O–H groups in total. The fourth-order valence-corrected chi connectivity index (χ4v) is 5.03. The van der Waals surface area contributed by atoms with Gasteiger partial charge in [0.2, 0.25) is 0 Å². The van der Waals surface area contributed by atoms with Gasteiger partial charge in [-0.05, 0) is 76.1 Å². The number of urea groups is 1. The average Bonchev–Trinajstić information content (AvgIpc) is 3.56. The van der Waals surface area contributed by atoms with Crippen molar-refractivity contribution in [3.8, 4) is 0 Å². The number of carbonyl (C=O) groups is 3. The minimum Gasteiger partial charge on any atom is -0.444 e. The van der Waals surface area contributed by atoms with Crippen LogP contribution in [0, 0.1) is 0 Å². The zero-order valence-electron chi connectivity index (χ0n) is 23.4. The summed E-state index contributed by atoms with van der Waals surface area (Å²) in [6.45, 7) is 7.00. The molecule has 2 aliphatic heterocycles. The van der Waals surface area contributed by atoms with Crippen LogP contribution in [-0.4, -0.2) is 62.3 Å². The maximum absolute atomic E-state index is 12.4. The van der Waals surface area contributed by atoms with Gasteiger partial charge in [-0.15, -0.1) is 0 Å². The van der Waals surface area contributed by atoms with E-state index in [1.807, 2.05) is 39.0 Å². The normalized spacial score (nSPS) is 18.9. The number of carbonyl (C=O) groups excluding carboxylic acids is 3. The van der Waals surface area contributed by atoms with Crippen LogP contribution in [0.15, 0.2) is 42.2 Å². The number of likely N-dealkylation sites (tertiary alicyclic amines) is 1. The van der Waals surface area contributed by atoms with Crippen LogP contribution >= 0.6 is 0 Å². The van der Waals surface area contributed by atoms with E-state index >= 15 is 0 Å². The van der Waals surface area contributed by atoms with Gasteiger partial charge < -0.3 is 25.6 Å². The Morgan fingerprint density at radius 2 is 1.80 bits per heavy atom. The highest BCUT2D eigenvalue weighted by Gasteiger charge is 2.28. The number of benzene rings is 1. The molecule has 4 heterocycles. The second-order valence-corrected chi connectivity index (χ2v) is 11.7. The zero-order valence-corrected chi connectivity index (χ0v) is 23.4. The molecule has 1 aliphatic carbocycles. The number of fused-ring (bicyclic) bond motifs is 1. The molecule has 0 bridgehead atoms. The lowest BCUT2D eigenvalue weighted by atomic mass is 9.89. The summed E-state index contributed by atoms with van der Waals surface area (Å²) in [7, 11) is 0. The summed E-state index contributed by atoms with van der Waals surface area (Å²) in [6.07, 6.45) is 6.91. The number of rotatable bonds is 6. The second-order valence-electron chi connectivity index (χ2n) is 11.7. The third kappa shape index (κ3) is 6.11. The molecular weight excluding hydrogens is 524 g/mol. The van der Waals surface area contributed by atoms with Crippen LogP contribution in [0.1, 0.15) is 63.5 Å². The van der Waals surface area contributed by atoms with Gasteiger partial charge in [0.25, 0.3) is 5.91 Å². The number of hydrogen-bond donors (Lipinski definition) is 4. The van der Waals surface area contributed by atoms with Gasteiger partial charge in [-0.25, -0.2) is 14.6 Å². The molecule has 1 saturated carbocycles. The van der Waals surface area contributed by atoms with Crippen molar-refractivity contribution in [3.63, 3.8) is 0 Å². The van der Waals surface area contributed by atoms with Gasteiger partial charge >= 0.3 is 12.1 Å². The molecule has 12 heteroatoms. The van der Waals surface area contributed by atoms with Crippen molar-refractivity contribution in [1.82, 2.24) is 30.1 Å². The van der Waals surface area contributed by atoms with E-state index in [2.05, 4.69) is 38.5 Å². The van der Waals surface area contributed by atoms with E-state index in [1.165, 1.54) is 5.56 Å². The predicted octanol–water partition coefficient (Wildman–Crippen LogP) is 4.34. The number of aromatic nitrogens is 3. The first-order valence-corrected chi connectivity index (χ1v) is 14.0. The molecular formula is C29H34N8O4. The summed E-state index contributed by atoms with van der Waals surface area (Å²) in [5.74, 6) is 1.30. The van der Waals surface area contributed by atoms with Gasteiger partial charge in [-0.3, -0.25) is 10.1 Å². The molecule has 0 unspecified atom stereocenters. The summed E-state index contributed by atoms with van der Waals surface area (Å²) >= 11 is 0. The molecule has 0 spiro atoms. The first kappa shape index (κ1) is 26.6. The Labute approximate surface area is 237 Å². The van der Waals surface area contributed by atoms with Gasteiger partial charge in [-0.1, -0.05) is 12.1 Å². The summed E-state index contributed by atoms with van der Waals surface area (Å²) in [6, 6.07) is 10.1. The lowest BCUT2D eigenvalue weighted by Gasteiger charge is -2.33. The first-order valence-electron chi connectivity index (χ1n) is 14.0. The van der Waals surface area contributed by atoms with Crippen LogP contribution in [0.5, 0.6) is 0 Å². The summed E-state index contributed by atoms with van der Waals surface area (Å²) in [5.41, 5.74) is 2.93. The molecule has 6 rings (SSSR count). The molecule has 12 nitrogen and oxygen atoms in total. The van der Waals surface area contributed by atoms with Crippen molar-refractivity contribution < 1.29 is 19.1 Å². The monoisotopic (exact) mass is 558 g/mol. The number of piperidine rings is 1. The van der Waals surface area contributed by atoms with Crippen LogP contribution in [0.3, 0.4) is 0 Å². The minimum atomic E-state index is -0.554. The molecule has 214 valence electrons. The van der Waals surface area contributed by atoms with Crippen molar-refractivity contribution >= 4 is 47.1 Å². The SMILES string of the molecule is CC(C)(C)OC(=O)N1CCC(c2ccc(Nc3cc(NC4CC4)n4ncc(/C=C5\NC(=O)NC5=O)c4n3)cc2)CC1. The maximum Gasteiger partial charge on any atom is 0.410 e. The fourth-order valence-electron chi connectivity index (χ4n) is 5.03. The fraction of sp³-hybridized carbons (Fsp3) is 0.414. The quantitative estimate of drug-likeness (QED) is 0.259. The van der Waals surface area contributed by atoms with Gasteiger partial charge in [0.15, 0.2) is 5.65 Å². The molecule has 0 radical (unpaired) electrons. The molecule has 0 atom stereocenters. The molecule has 2 saturated heterocycles. The van der Waals surface area contributed by atoms with Crippen molar-refractivity contribution in [3.05, 3.63) is 53.4 Å². The summed E-state index contributed by atoms with van der Waals surface area (Å²) < 4.78 is 7.23. The van der Waals surface area contributed by atoms with Crippen LogP contribution in [-0.2, 0) is 9.53 Å². The Bertz CT molecular complexity index is 1530. The van der Waals surface area contributed by atoms with Crippen LogP contribution in [0.4, 0.5) is 26.9 Å². The maximum atomic E-state index is 12.4. The molecule has 2 aromatic heterocycles. The second kappa shape index (κ2) is 10.4. The van der Waals surface area contributed by atoms with E-state index in [4.69, 9.17) is 9.72 Å². The third-order valence-corrected chi connectivity index (χ3v) is 7.25. The van der Waals surface area contributed by atoms with Crippen molar-refractivity contribution in [2.24, 2.45) is 0 Å². The number of nitrogens with zero attached hydrogens (tertiary/aromatic N) is 4. The van der Waals surface area contributed by atoms with Gasteiger partial charge in [-0.2, -0.15) is 9.61 Å². The lowest BCUT2D eigenvalue weighted by Crippen LogP contribution is -2.41. The van der Waals surface area contributed by atoms with E-state index < -0.39 is 17.5 Å². The molecule has 3 aromatic rings. The molecule has 3 fully saturated rings. The Balaban J connectivity index is 1.17. The number of anilines is 3. The Hall–Kier alpha value is -4.61. The van der Waals surface area contributed by atoms with Crippen LogP contribution in [0.2, 0.25) is 0 Å². The first-order chi connectivity index (χ1) is 19.6. The summed E-state index contributed by atoms with van der Waals surface area (Å²) in [5, 5.41) is 16.1. The van der Waals surface area contributed by atoms with E-state index in [1.54, 1.807) is 21.7 Å². The number of hydrogen-bond acceptors (Lipinski definition) is 8. The van der Waals surface area contributed by atoms with Gasteiger partial charge in [0.05, 0.1) is 6.20 Å². The highest BCUT2D eigenvalue weighted by Crippen LogP contribution is 2.31. The Kier molecular flexibility index (Phi) is 6.76. The van der Waals surface area contributed by atoms with E-state index in [0.717, 1.165) is 37.2 Å². The standard InChI is InChI=1S/C29H34N8O4/c1-29(2,3)41-28(40)36-12-10-18(11-13-36)17-4-6-20(7-5-17)31-23-15-24(32-21-8-9-21)37-25(34-23)19(16-30-37)14-22-26(38)35-27(39)33-22/h4-7,14-16,18,21,32H,8-13H2,1-3H3,(H,31,34)(H2,33,35,38,39)/b22-14-. The van der Waals surface area contributed by atoms with Crippen LogP contribution < -0.4 is 21.3 Å². The average molecular weight is 559 g/mol. The van der Waals surface area contributed by atoms with Crippen molar-refractivity contribution in [1.29, 1.82) is 0 Å². The Morgan fingerprint density at radius 3 is 2.44 bits per heavy atom. The van der Waals surface area contributed by atoms with Crippen molar-refractivity contribution in [2.45, 2.75) is 64.0 Å². The van der Waals surface area contributed by atoms with Gasteiger partial charge in [0, 0.05) is 36.4 Å². The van der Waals surface area contributed by atoms with E-state index in [0.29, 0.717) is 42.1 Å². The molecule has 41 heavy (non-hydrogen) atoms. The Morgan fingerprint density at radius 1 is 1.07 bits per heavy atom. The number of imide groups is 1. The minimum absolute atomic E-state index is 0.147. The topological polar surface area (TPSA) is 142 Å². The predicted molar refractivity (Wildman–Crippen MR) is 154 cm³/mol. The van der Waals surface area contributed by atoms with E-state index in [9.17, 15) is 14.4 Å². The smallest absolute Gasteiger partial charge is 0.410 e. The zero-order chi connectivity index (χ0) is 28.7. The molecule has 4 amide bonds. The lowest BCUT2D eigenvalue weighted by molar-refractivity contribution is -0.115.